The Kier molecular flexibility index (Phi) is 3.21. The van der Waals surface area contributed by atoms with Crippen molar-refractivity contribution in [2.24, 2.45) is 0 Å². The molecule has 1 aliphatic heterocycles. The van der Waals surface area contributed by atoms with E-state index < -0.39 is 0 Å². The van der Waals surface area contributed by atoms with E-state index in [1.54, 1.807) is 11.8 Å². The number of amides is 1. The summed E-state index contributed by atoms with van der Waals surface area (Å²) >= 11 is 1.74. The van der Waals surface area contributed by atoms with E-state index in [2.05, 4.69) is 26.0 Å². The molecule has 0 aromatic heterocycles. The first kappa shape index (κ1) is 12.5. The van der Waals surface area contributed by atoms with E-state index in [-0.39, 0.29) is 22.1 Å². The maximum Gasteiger partial charge on any atom is 0.239 e. The Morgan fingerprint density at radius 2 is 1.82 bits per heavy atom. The van der Waals surface area contributed by atoms with E-state index in [0.717, 1.165) is 0 Å². The summed E-state index contributed by atoms with van der Waals surface area (Å²) in [5, 5.41) is 0.152. The first-order chi connectivity index (χ1) is 7.93. The van der Waals surface area contributed by atoms with Gasteiger partial charge in [0.25, 0.3) is 0 Å². The minimum Gasteiger partial charge on any atom is -0.323 e. The minimum atomic E-state index is -0.315. The van der Waals surface area contributed by atoms with Crippen LogP contribution in [0.25, 0.3) is 0 Å². The molecule has 0 radical (unpaired) electrons. The number of thioether (sulfide) groups is 1. The Balaban J connectivity index is 2.37. The van der Waals surface area contributed by atoms with Gasteiger partial charge in [0.15, 0.2) is 0 Å². The molecule has 0 N–H and O–H groups in total. The molecule has 0 bridgehead atoms. The van der Waals surface area contributed by atoms with Gasteiger partial charge in [0.2, 0.25) is 5.91 Å². The van der Waals surface area contributed by atoms with Crippen molar-refractivity contribution in [2.45, 2.75) is 43.9 Å². The van der Waals surface area contributed by atoms with Gasteiger partial charge < -0.3 is 4.90 Å². The number of hydrogen-bond donors (Lipinski definition) is 0. The summed E-state index contributed by atoms with van der Waals surface area (Å²) in [5.74, 6) is 0.242. The van der Waals surface area contributed by atoms with Crippen molar-refractivity contribution in [1.29, 1.82) is 0 Å². The highest BCUT2D eigenvalue weighted by Crippen LogP contribution is 2.49. The number of nitrogens with zero attached hydrogens (tertiary/aromatic N) is 1. The molecule has 3 heteroatoms. The van der Waals surface area contributed by atoms with Crippen LogP contribution in [-0.4, -0.2) is 21.6 Å². The van der Waals surface area contributed by atoms with E-state index in [1.807, 2.05) is 36.9 Å². The highest BCUT2D eigenvalue weighted by molar-refractivity contribution is 8.02. The van der Waals surface area contributed by atoms with Gasteiger partial charge in [-0.2, -0.15) is 0 Å². The zero-order valence-electron chi connectivity index (χ0n) is 10.8. The second-order valence-electron chi connectivity index (χ2n) is 5.20. The molecular formula is C14H19NOS. The van der Waals surface area contributed by atoms with Crippen molar-refractivity contribution < 1.29 is 4.79 Å². The molecule has 1 amide bonds. The van der Waals surface area contributed by atoms with Gasteiger partial charge in [-0.3, -0.25) is 4.79 Å². The third kappa shape index (κ3) is 2.21. The van der Waals surface area contributed by atoms with Gasteiger partial charge in [0.05, 0.1) is 4.75 Å². The van der Waals surface area contributed by atoms with Crippen LogP contribution < -0.4 is 0 Å². The molecule has 2 rings (SSSR count). The molecule has 0 aliphatic carbocycles. The van der Waals surface area contributed by atoms with Crippen LogP contribution in [0.4, 0.5) is 0 Å². The number of benzene rings is 1. The highest BCUT2D eigenvalue weighted by Gasteiger charge is 2.47. The highest BCUT2D eigenvalue weighted by atomic mass is 32.2. The second-order valence-corrected chi connectivity index (χ2v) is 6.90. The standard InChI is InChI=1S/C14H19NOS/c1-10(2)15-12(11-8-6-5-7-9-11)17-14(3,4)13(15)16/h5-10,12H,1-4H3. The lowest BCUT2D eigenvalue weighted by Gasteiger charge is -2.28. The molecule has 1 unspecified atom stereocenters. The number of hydrogen-bond acceptors (Lipinski definition) is 2. The van der Waals surface area contributed by atoms with Crippen LogP contribution in [0.5, 0.6) is 0 Å². The van der Waals surface area contributed by atoms with Crippen LogP contribution in [0.2, 0.25) is 0 Å². The van der Waals surface area contributed by atoms with Gasteiger partial charge in [0, 0.05) is 6.04 Å². The van der Waals surface area contributed by atoms with Crippen molar-refractivity contribution in [1.82, 2.24) is 4.90 Å². The van der Waals surface area contributed by atoms with Crippen LogP contribution >= 0.6 is 11.8 Å². The fraction of sp³-hybridized carbons (Fsp3) is 0.500. The van der Waals surface area contributed by atoms with E-state index in [0.29, 0.717) is 0 Å². The lowest BCUT2D eigenvalue weighted by atomic mass is 10.1. The quantitative estimate of drug-likeness (QED) is 0.800. The fourth-order valence-corrected chi connectivity index (χ4v) is 3.67. The molecule has 1 saturated heterocycles. The van der Waals surface area contributed by atoms with Gasteiger partial charge in [0.1, 0.15) is 5.37 Å². The average molecular weight is 249 g/mol. The Labute approximate surface area is 107 Å². The lowest BCUT2D eigenvalue weighted by molar-refractivity contribution is -0.133. The van der Waals surface area contributed by atoms with Crippen LogP contribution in [0.3, 0.4) is 0 Å². The predicted octanol–water partition coefficient (Wildman–Crippen LogP) is 3.45. The summed E-state index contributed by atoms with van der Waals surface area (Å²) in [6.45, 7) is 8.18. The van der Waals surface area contributed by atoms with E-state index >= 15 is 0 Å². The molecule has 0 saturated carbocycles. The largest absolute Gasteiger partial charge is 0.323 e. The van der Waals surface area contributed by atoms with Crippen LogP contribution in [0.15, 0.2) is 30.3 Å². The molecule has 1 fully saturated rings. The molecule has 17 heavy (non-hydrogen) atoms. The Bertz CT molecular complexity index is 413. The summed E-state index contributed by atoms with van der Waals surface area (Å²) in [6, 6.07) is 10.5. The van der Waals surface area contributed by atoms with Gasteiger partial charge in [-0.25, -0.2) is 0 Å². The summed E-state index contributed by atoms with van der Waals surface area (Å²) in [7, 11) is 0. The summed E-state index contributed by atoms with van der Waals surface area (Å²) in [4.78, 5) is 14.4. The topological polar surface area (TPSA) is 20.3 Å². The maximum atomic E-state index is 12.4. The van der Waals surface area contributed by atoms with Crippen molar-refractivity contribution in [3.8, 4) is 0 Å². The van der Waals surface area contributed by atoms with Crippen molar-refractivity contribution in [3.63, 3.8) is 0 Å². The van der Waals surface area contributed by atoms with Gasteiger partial charge in [-0.1, -0.05) is 30.3 Å². The molecule has 1 aromatic carbocycles. The van der Waals surface area contributed by atoms with Gasteiger partial charge in [-0.15, -0.1) is 11.8 Å². The monoisotopic (exact) mass is 249 g/mol. The van der Waals surface area contributed by atoms with Crippen molar-refractivity contribution in [3.05, 3.63) is 35.9 Å². The summed E-state index contributed by atoms with van der Waals surface area (Å²) < 4.78 is -0.315. The summed E-state index contributed by atoms with van der Waals surface area (Å²) in [5.41, 5.74) is 1.21. The molecule has 0 spiro atoms. The third-order valence-corrected chi connectivity index (χ3v) is 4.54. The second kappa shape index (κ2) is 4.37. The molecular weight excluding hydrogens is 230 g/mol. The molecule has 1 aromatic rings. The molecule has 1 atom stereocenters. The predicted molar refractivity (Wildman–Crippen MR) is 72.8 cm³/mol. The first-order valence-corrected chi connectivity index (χ1v) is 6.87. The van der Waals surface area contributed by atoms with Crippen LogP contribution in [0.1, 0.15) is 38.6 Å². The number of rotatable bonds is 2. The van der Waals surface area contributed by atoms with Crippen LogP contribution in [0, 0.1) is 0 Å². The SMILES string of the molecule is CC(C)N1C(=O)C(C)(C)SC1c1ccccc1. The van der Waals surface area contributed by atoms with Gasteiger partial charge in [-0.05, 0) is 33.3 Å². The first-order valence-electron chi connectivity index (χ1n) is 5.99. The third-order valence-electron chi connectivity index (χ3n) is 3.05. The summed E-state index contributed by atoms with van der Waals surface area (Å²) in [6.07, 6.45) is 0. The van der Waals surface area contributed by atoms with E-state index in [1.165, 1.54) is 5.56 Å². The van der Waals surface area contributed by atoms with Crippen molar-refractivity contribution >= 4 is 17.7 Å². The number of carbonyl (C=O) groups excluding carboxylic acids is 1. The fourth-order valence-electron chi connectivity index (χ4n) is 2.16. The molecule has 1 aliphatic rings. The molecule has 1 heterocycles. The number of carbonyl (C=O) groups is 1. The minimum absolute atomic E-state index is 0.152. The zero-order valence-corrected chi connectivity index (χ0v) is 11.6. The lowest BCUT2D eigenvalue weighted by Crippen LogP contribution is -2.39. The molecule has 92 valence electrons. The van der Waals surface area contributed by atoms with Gasteiger partial charge >= 0.3 is 0 Å². The average Bonchev–Trinajstić information content (AvgIpc) is 2.52. The normalized spacial score (nSPS) is 23.5. The Morgan fingerprint density at radius 1 is 1.24 bits per heavy atom. The van der Waals surface area contributed by atoms with Crippen molar-refractivity contribution in [2.75, 3.05) is 0 Å². The van der Waals surface area contributed by atoms with E-state index in [4.69, 9.17) is 0 Å². The Morgan fingerprint density at radius 3 is 2.35 bits per heavy atom. The zero-order chi connectivity index (χ0) is 12.6. The van der Waals surface area contributed by atoms with E-state index in [9.17, 15) is 4.79 Å². The molecule has 2 nitrogen and oxygen atoms in total. The smallest absolute Gasteiger partial charge is 0.239 e. The Hall–Kier alpha value is -0.960. The maximum absolute atomic E-state index is 12.4. The van der Waals surface area contributed by atoms with Crippen LogP contribution in [-0.2, 0) is 4.79 Å².